The van der Waals surface area contributed by atoms with E-state index in [9.17, 15) is 0 Å². The van der Waals surface area contributed by atoms with Crippen molar-refractivity contribution in [3.8, 4) is 22.3 Å². The smallest absolute Gasteiger partial charge is 0.0790 e. The molecule has 0 aliphatic heterocycles. The molecule has 36 heavy (non-hydrogen) atoms. The Morgan fingerprint density at radius 3 is 1.06 bits per heavy atom. The summed E-state index contributed by atoms with van der Waals surface area (Å²) in [4.78, 5) is 0. The Kier molecular flexibility index (Phi) is 6.69. The molecular weight excluding hydrogens is 448 g/mol. The highest BCUT2D eigenvalue weighted by Gasteiger charge is 2.15. The van der Waals surface area contributed by atoms with E-state index in [1.807, 2.05) is 60.7 Å². The summed E-state index contributed by atoms with van der Waals surface area (Å²) in [5.41, 5.74) is 59.0. The number of anilines is 8. The molecule has 8 heteroatoms. The second kappa shape index (κ2) is 9.87. The van der Waals surface area contributed by atoms with E-state index >= 15 is 0 Å². The summed E-state index contributed by atoms with van der Waals surface area (Å²) in [5.74, 6) is 0. The molecule has 0 heterocycles. The highest BCUT2D eigenvalue weighted by atomic mass is 14.8. The van der Waals surface area contributed by atoms with Gasteiger partial charge in [0, 0.05) is 22.5 Å². The van der Waals surface area contributed by atoms with Crippen LogP contribution in [0.4, 0.5) is 45.5 Å². The molecule has 0 amide bonds. The molecule has 0 saturated carbocycles. The minimum absolute atomic E-state index is 0.406. The second-order valence-electron chi connectivity index (χ2n) is 9.10. The molecule has 0 atom stereocenters. The summed E-state index contributed by atoms with van der Waals surface area (Å²) in [6, 6.07) is 19.1. The first-order chi connectivity index (χ1) is 17.2. The van der Waals surface area contributed by atoms with Crippen LogP contribution in [0, 0.1) is 0 Å². The Hall–Kier alpha value is -4.72. The average molecular weight is 483 g/mol. The summed E-state index contributed by atoms with van der Waals surface area (Å²) >= 11 is 0. The van der Waals surface area contributed by atoms with Gasteiger partial charge in [-0.15, -0.1) is 0 Å². The number of rotatable bonds is 7. The van der Waals surface area contributed by atoms with Crippen LogP contribution < -0.4 is 45.9 Å². The van der Waals surface area contributed by atoms with Gasteiger partial charge < -0.3 is 45.9 Å². The Balaban J connectivity index is 1.52. The van der Waals surface area contributed by atoms with Gasteiger partial charge in [-0.25, -0.2) is 0 Å². The molecule has 0 unspecified atom stereocenters. The van der Waals surface area contributed by atoms with E-state index < -0.39 is 0 Å². The molecule has 4 aromatic rings. The summed E-state index contributed by atoms with van der Waals surface area (Å²) < 4.78 is 0. The number of aryl methyl sites for hydroxylation is 2. The number of benzene rings is 4. The van der Waals surface area contributed by atoms with E-state index in [0.29, 0.717) is 45.5 Å². The summed E-state index contributed by atoms with van der Waals surface area (Å²) in [7, 11) is 0. The predicted molar refractivity (Wildman–Crippen MR) is 156 cm³/mol. The lowest BCUT2D eigenvalue weighted by atomic mass is 9.93. The first-order valence-electron chi connectivity index (χ1n) is 11.8. The minimum Gasteiger partial charge on any atom is -0.399 e. The zero-order valence-corrected chi connectivity index (χ0v) is 20.2. The van der Waals surface area contributed by atoms with E-state index in [0.717, 1.165) is 59.1 Å². The number of hydrogen-bond donors (Lipinski definition) is 8. The highest BCUT2D eigenvalue weighted by Crippen LogP contribution is 2.39. The molecule has 186 valence electrons. The van der Waals surface area contributed by atoms with E-state index in [-0.39, 0.29) is 0 Å². The standard InChI is InChI=1S/C28H34N8/c29-19-9-5-15(6-10-19)21-13-17(23(31)27(35)25(21)33)3-1-2-4-18-14-22(26(34)28(36)24(18)32)16-7-11-20(30)12-8-16/h5-14H,1-4,29-36H2. The van der Waals surface area contributed by atoms with Crippen LogP contribution in [0.2, 0.25) is 0 Å². The van der Waals surface area contributed by atoms with Crippen molar-refractivity contribution < 1.29 is 0 Å². The van der Waals surface area contributed by atoms with Crippen LogP contribution in [0.15, 0.2) is 60.7 Å². The topological polar surface area (TPSA) is 208 Å². The van der Waals surface area contributed by atoms with Gasteiger partial charge in [-0.05, 0) is 84.3 Å². The maximum atomic E-state index is 6.32. The molecule has 4 rings (SSSR count). The Bertz CT molecular complexity index is 1280. The van der Waals surface area contributed by atoms with Crippen LogP contribution in [0.25, 0.3) is 22.3 Å². The lowest BCUT2D eigenvalue weighted by Gasteiger charge is -2.17. The number of unbranched alkanes of at least 4 members (excludes halogenated alkanes) is 1. The van der Waals surface area contributed by atoms with Gasteiger partial charge in [0.2, 0.25) is 0 Å². The van der Waals surface area contributed by atoms with Gasteiger partial charge in [0.15, 0.2) is 0 Å². The molecule has 0 bridgehead atoms. The maximum absolute atomic E-state index is 6.32. The molecule has 8 nitrogen and oxygen atoms in total. The van der Waals surface area contributed by atoms with Gasteiger partial charge in [-0.1, -0.05) is 24.3 Å². The highest BCUT2D eigenvalue weighted by molar-refractivity contribution is 5.93. The van der Waals surface area contributed by atoms with Crippen molar-refractivity contribution in [2.75, 3.05) is 45.9 Å². The average Bonchev–Trinajstić information content (AvgIpc) is 2.87. The molecule has 0 aliphatic carbocycles. The molecule has 0 spiro atoms. The molecular formula is C28H34N8. The van der Waals surface area contributed by atoms with Gasteiger partial charge >= 0.3 is 0 Å². The zero-order valence-electron chi connectivity index (χ0n) is 20.2. The number of nitrogen functional groups attached to an aromatic ring is 8. The molecule has 0 aromatic heterocycles. The Morgan fingerprint density at radius 2 is 0.722 bits per heavy atom. The van der Waals surface area contributed by atoms with E-state index in [1.165, 1.54) is 0 Å². The minimum atomic E-state index is 0.406. The van der Waals surface area contributed by atoms with E-state index in [2.05, 4.69) is 0 Å². The fourth-order valence-corrected chi connectivity index (χ4v) is 4.43. The zero-order chi connectivity index (χ0) is 26.0. The third-order valence-electron chi connectivity index (χ3n) is 6.66. The van der Waals surface area contributed by atoms with Crippen molar-refractivity contribution in [2.24, 2.45) is 0 Å². The number of nitrogens with two attached hydrogens (primary N) is 8. The molecule has 0 aliphatic rings. The van der Waals surface area contributed by atoms with Crippen LogP contribution in [0.1, 0.15) is 24.0 Å². The van der Waals surface area contributed by atoms with E-state index in [1.54, 1.807) is 0 Å². The first-order valence-corrected chi connectivity index (χ1v) is 11.8. The van der Waals surface area contributed by atoms with Crippen molar-refractivity contribution in [2.45, 2.75) is 25.7 Å². The van der Waals surface area contributed by atoms with Gasteiger partial charge in [0.05, 0.1) is 34.1 Å². The van der Waals surface area contributed by atoms with Crippen LogP contribution in [0.5, 0.6) is 0 Å². The van der Waals surface area contributed by atoms with Crippen LogP contribution in [0.3, 0.4) is 0 Å². The second-order valence-corrected chi connectivity index (χ2v) is 9.10. The summed E-state index contributed by atoms with van der Waals surface area (Å²) in [6.45, 7) is 0. The van der Waals surface area contributed by atoms with Gasteiger partial charge in [-0.2, -0.15) is 0 Å². The van der Waals surface area contributed by atoms with Gasteiger partial charge in [-0.3, -0.25) is 0 Å². The van der Waals surface area contributed by atoms with Gasteiger partial charge in [0.1, 0.15) is 0 Å². The van der Waals surface area contributed by atoms with Gasteiger partial charge in [0.25, 0.3) is 0 Å². The summed E-state index contributed by atoms with van der Waals surface area (Å²) in [6.07, 6.45) is 3.23. The molecule has 0 fully saturated rings. The van der Waals surface area contributed by atoms with E-state index in [4.69, 9.17) is 45.9 Å². The summed E-state index contributed by atoms with van der Waals surface area (Å²) in [5, 5.41) is 0. The van der Waals surface area contributed by atoms with Crippen molar-refractivity contribution in [1.82, 2.24) is 0 Å². The Labute approximate surface area is 211 Å². The van der Waals surface area contributed by atoms with Crippen molar-refractivity contribution in [1.29, 1.82) is 0 Å². The predicted octanol–water partition coefficient (Wildman–Crippen LogP) is 4.24. The third-order valence-corrected chi connectivity index (χ3v) is 6.66. The third kappa shape index (κ3) is 4.74. The lowest BCUT2D eigenvalue weighted by Crippen LogP contribution is -2.07. The molecule has 4 aromatic carbocycles. The lowest BCUT2D eigenvalue weighted by molar-refractivity contribution is 0.737. The fraction of sp³-hybridized carbons (Fsp3) is 0.143. The first kappa shape index (κ1) is 24.4. The molecule has 16 N–H and O–H groups in total. The van der Waals surface area contributed by atoms with Crippen molar-refractivity contribution >= 4 is 45.5 Å². The molecule has 0 saturated heterocycles. The fourth-order valence-electron chi connectivity index (χ4n) is 4.43. The normalized spacial score (nSPS) is 11.0. The monoisotopic (exact) mass is 482 g/mol. The van der Waals surface area contributed by atoms with Crippen LogP contribution >= 0.6 is 0 Å². The molecule has 0 radical (unpaired) electrons. The largest absolute Gasteiger partial charge is 0.399 e. The van der Waals surface area contributed by atoms with Crippen molar-refractivity contribution in [3.05, 3.63) is 71.8 Å². The Morgan fingerprint density at radius 1 is 0.389 bits per heavy atom. The maximum Gasteiger partial charge on any atom is 0.0790 e. The van der Waals surface area contributed by atoms with Crippen LogP contribution in [-0.2, 0) is 12.8 Å². The number of hydrogen-bond acceptors (Lipinski definition) is 8. The SMILES string of the molecule is Nc1ccc(-c2cc(CCCCc3cc(-c4ccc(N)cc4)c(N)c(N)c3N)c(N)c(N)c2N)cc1. The van der Waals surface area contributed by atoms with Crippen LogP contribution in [-0.4, -0.2) is 0 Å². The quantitative estimate of drug-likeness (QED) is 0.141. The van der Waals surface area contributed by atoms with Crippen molar-refractivity contribution in [3.63, 3.8) is 0 Å².